The van der Waals surface area contributed by atoms with Crippen LogP contribution in [0, 0.1) is 0 Å². The molecule has 0 atom stereocenters. The fourth-order valence-corrected chi connectivity index (χ4v) is 0.870. The highest BCUT2D eigenvalue weighted by Crippen LogP contribution is 2.19. The predicted molar refractivity (Wildman–Crippen MR) is 26.8 cm³/mol. The molecule has 0 radical (unpaired) electrons. The summed E-state index contributed by atoms with van der Waals surface area (Å²) in [7, 11) is 0. The minimum absolute atomic E-state index is 0.169. The molecule has 0 saturated heterocycles. The lowest BCUT2D eigenvalue weighted by Crippen LogP contribution is -2.04. The number of hydrogen-bond donors (Lipinski definition) is 2. The summed E-state index contributed by atoms with van der Waals surface area (Å²) in [4.78, 5) is 0. The highest BCUT2D eigenvalue weighted by Gasteiger charge is 2.07. The van der Waals surface area contributed by atoms with Gasteiger partial charge in [0, 0.05) is 0 Å². The van der Waals surface area contributed by atoms with Crippen LogP contribution in [0.1, 0.15) is 0 Å². The van der Waals surface area contributed by atoms with Crippen molar-refractivity contribution in [2.45, 2.75) is 0 Å². The quantitative estimate of drug-likeness (QED) is 0.493. The Labute approximate surface area is 45.2 Å². The molecule has 1 heterocycles. The number of aliphatic hydroxyl groups is 1. The minimum Gasteiger partial charge on any atom is -0.501 e. The van der Waals surface area contributed by atoms with Crippen molar-refractivity contribution in [1.82, 2.24) is 5.06 Å². The van der Waals surface area contributed by atoms with Crippen LogP contribution in [0.2, 0.25) is 0 Å². The maximum atomic E-state index is 8.52. The first-order chi connectivity index (χ1) is 3.29. The van der Waals surface area contributed by atoms with Crippen LogP contribution in [0.4, 0.5) is 0 Å². The van der Waals surface area contributed by atoms with E-state index in [9.17, 15) is 0 Å². The van der Waals surface area contributed by atoms with Gasteiger partial charge in [-0.1, -0.05) is 11.8 Å². The molecular weight excluding hydrogens is 114 g/mol. The van der Waals surface area contributed by atoms with E-state index >= 15 is 0 Å². The van der Waals surface area contributed by atoms with Crippen molar-refractivity contribution in [2.24, 2.45) is 0 Å². The first kappa shape index (κ1) is 4.80. The molecule has 0 aromatic carbocycles. The Morgan fingerprint density at radius 1 is 1.86 bits per heavy atom. The third-order valence-electron chi connectivity index (χ3n) is 0.604. The van der Waals surface area contributed by atoms with Gasteiger partial charge in [0.25, 0.3) is 0 Å². The molecule has 2 N–H and O–H groups in total. The van der Waals surface area contributed by atoms with E-state index in [2.05, 4.69) is 0 Å². The van der Waals surface area contributed by atoms with Gasteiger partial charge in [-0.2, -0.15) is 0 Å². The van der Waals surface area contributed by atoms with Crippen molar-refractivity contribution < 1.29 is 10.3 Å². The highest BCUT2D eigenvalue weighted by atomic mass is 32.2. The van der Waals surface area contributed by atoms with Crippen LogP contribution in [0.25, 0.3) is 0 Å². The second-order valence-electron chi connectivity index (χ2n) is 1.18. The summed E-state index contributed by atoms with van der Waals surface area (Å²) >= 11 is 1.20. The second-order valence-corrected chi connectivity index (χ2v) is 2.15. The van der Waals surface area contributed by atoms with Crippen molar-refractivity contribution in [3.8, 4) is 0 Å². The number of hydrogen-bond acceptors (Lipinski definition) is 4. The van der Waals surface area contributed by atoms with Crippen molar-refractivity contribution in [1.29, 1.82) is 0 Å². The van der Waals surface area contributed by atoms with E-state index in [4.69, 9.17) is 10.3 Å². The summed E-state index contributed by atoms with van der Waals surface area (Å²) in [6.07, 6.45) is 1.27. The molecule has 0 aliphatic carbocycles. The summed E-state index contributed by atoms with van der Waals surface area (Å²) in [5.74, 6) is 0.436. The molecule has 1 aliphatic heterocycles. The molecule has 1 rings (SSSR count). The lowest BCUT2D eigenvalue weighted by Gasteiger charge is -1.97. The smallest absolute Gasteiger partial charge is 0.170 e. The van der Waals surface area contributed by atoms with Gasteiger partial charge in [0.2, 0.25) is 0 Å². The van der Waals surface area contributed by atoms with Gasteiger partial charge in [0.15, 0.2) is 5.09 Å². The SMILES string of the molecule is OC1=CN(O)CS1. The van der Waals surface area contributed by atoms with Gasteiger partial charge in [0.05, 0.1) is 12.1 Å². The van der Waals surface area contributed by atoms with Crippen LogP contribution >= 0.6 is 11.8 Å². The van der Waals surface area contributed by atoms with Crippen LogP contribution in [0.15, 0.2) is 11.3 Å². The molecule has 1 aliphatic rings. The zero-order valence-corrected chi connectivity index (χ0v) is 4.35. The Bertz CT molecular complexity index is 103. The number of rotatable bonds is 0. The Morgan fingerprint density at radius 3 is 2.71 bits per heavy atom. The highest BCUT2D eigenvalue weighted by molar-refractivity contribution is 8.02. The zero-order chi connectivity index (χ0) is 5.28. The lowest BCUT2D eigenvalue weighted by atomic mass is 10.9. The van der Waals surface area contributed by atoms with Gasteiger partial charge >= 0.3 is 0 Å². The van der Waals surface area contributed by atoms with Gasteiger partial charge in [-0.15, -0.1) is 0 Å². The summed E-state index contributed by atoms with van der Waals surface area (Å²) < 4.78 is 0. The largest absolute Gasteiger partial charge is 0.501 e. The normalized spacial score (nSPS) is 20.1. The molecule has 0 aromatic heterocycles. The maximum absolute atomic E-state index is 8.52. The predicted octanol–water partition coefficient (Wildman–Crippen LogP) is 0.739. The average Bonchev–Trinajstić information content (AvgIpc) is 1.87. The third kappa shape index (κ3) is 1.01. The number of nitrogens with zero attached hydrogens (tertiary/aromatic N) is 1. The van der Waals surface area contributed by atoms with Crippen LogP contribution in [0.5, 0.6) is 0 Å². The average molecular weight is 119 g/mol. The Hall–Kier alpha value is -0.350. The first-order valence-corrected chi connectivity index (χ1v) is 2.77. The van der Waals surface area contributed by atoms with Crippen LogP contribution < -0.4 is 0 Å². The van der Waals surface area contributed by atoms with Crippen molar-refractivity contribution in [3.63, 3.8) is 0 Å². The monoisotopic (exact) mass is 119 g/mol. The fraction of sp³-hybridized carbons (Fsp3) is 0.333. The second kappa shape index (κ2) is 1.63. The molecule has 0 fully saturated rings. The molecule has 0 saturated carbocycles. The van der Waals surface area contributed by atoms with E-state index in [0.29, 0.717) is 5.88 Å². The molecule has 7 heavy (non-hydrogen) atoms. The number of thioether (sulfide) groups is 1. The van der Waals surface area contributed by atoms with Gasteiger partial charge in [0.1, 0.15) is 0 Å². The van der Waals surface area contributed by atoms with Crippen molar-refractivity contribution in [2.75, 3.05) is 5.88 Å². The standard InChI is InChI=1S/C3H5NO2S/c5-3-1-4(6)2-7-3/h1,5-6H,2H2. The van der Waals surface area contributed by atoms with Crippen LogP contribution in [-0.4, -0.2) is 21.3 Å². The Morgan fingerprint density at radius 2 is 2.57 bits per heavy atom. The summed E-state index contributed by atoms with van der Waals surface area (Å²) in [5.41, 5.74) is 0. The third-order valence-corrected chi connectivity index (χ3v) is 1.40. The van der Waals surface area contributed by atoms with E-state index < -0.39 is 0 Å². The fourth-order valence-electron chi connectivity index (χ4n) is 0.334. The van der Waals surface area contributed by atoms with Crippen LogP contribution in [0.3, 0.4) is 0 Å². The van der Waals surface area contributed by atoms with Crippen molar-refractivity contribution in [3.05, 3.63) is 11.3 Å². The molecule has 0 bridgehead atoms. The van der Waals surface area contributed by atoms with E-state index in [1.807, 2.05) is 0 Å². The number of aliphatic hydroxyl groups excluding tert-OH is 1. The van der Waals surface area contributed by atoms with Crippen molar-refractivity contribution >= 4 is 11.8 Å². The zero-order valence-electron chi connectivity index (χ0n) is 3.53. The van der Waals surface area contributed by atoms with Gasteiger partial charge in [-0.25, -0.2) is 5.06 Å². The molecule has 3 nitrogen and oxygen atoms in total. The molecule has 0 amide bonds. The van der Waals surface area contributed by atoms with E-state index in [0.717, 1.165) is 5.06 Å². The van der Waals surface area contributed by atoms with E-state index in [1.54, 1.807) is 0 Å². The number of hydroxylamine groups is 2. The van der Waals surface area contributed by atoms with E-state index in [-0.39, 0.29) is 5.09 Å². The molecule has 0 spiro atoms. The summed E-state index contributed by atoms with van der Waals surface area (Å²) in [6.45, 7) is 0. The molecule has 0 unspecified atom stereocenters. The Balaban J connectivity index is 2.50. The molecule has 0 aromatic rings. The first-order valence-electron chi connectivity index (χ1n) is 1.78. The van der Waals surface area contributed by atoms with Crippen LogP contribution in [-0.2, 0) is 0 Å². The van der Waals surface area contributed by atoms with Gasteiger partial charge in [-0.05, 0) is 0 Å². The lowest BCUT2D eigenvalue weighted by molar-refractivity contribution is -0.0188. The molecule has 4 heteroatoms. The topological polar surface area (TPSA) is 43.7 Å². The maximum Gasteiger partial charge on any atom is 0.170 e. The molecular formula is C3H5NO2S. The van der Waals surface area contributed by atoms with Gasteiger partial charge < -0.3 is 5.11 Å². The Kier molecular flexibility index (Phi) is 1.12. The van der Waals surface area contributed by atoms with Gasteiger partial charge in [-0.3, -0.25) is 5.21 Å². The van der Waals surface area contributed by atoms with E-state index in [1.165, 1.54) is 18.0 Å². The minimum atomic E-state index is 0.169. The summed E-state index contributed by atoms with van der Waals surface area (Å²) in [5, 5.41) is 18.1. The molecule has 40 valence electrons. The summed E-state index contributed by atoms with van der Waals surface area (Å²) in [6, 6.07) is 0.